The Morgan fingerprint density at radius 3 is 2.52 bits per heavy atom. The molecule has 1 aromatic carbocycles. The molecule has 9 heteroatoms. The van der Waals surface area contributed by atoms with Crippen LogP contribution in [-0.4, -0.2) is 31.6 Å². The third-order valence-corrected chi connectivity index (χ3v) is 5.49. The minimum Gasteiger partial charge on any atom is -0.444 e. The van der Waals surface area contributed by atoms with Crippen molar-refractivity contribution in [2.75, 3.05) is 0 Å². The molecule has 0 saturated heterocycles. The summed E-state index contributed by atoms with van der Waals surface area (Å²) < 4.78 is 45.2. The number of benzene rings is 1. The zero-order valence-corrected chi connectivity index (χ0v) is 16.2. The first kappa shape index (κ1) is 20.9. The number of alkyl halides is 1. The molecule has 1 saturated carbocycles. The second-order valence-electron chi connectivity index (χ2n) is 7.32. The smallest absolute Gasteiger partial charge is 0.408 e. The summed E-state index contributed by atoms with van der Waals surface area (Å²) >= 11 is 0. The average Bonchev–Trinajstić information content (AvgIpc) is 3.26. The van der Waals surface area contributed by atoms with Gasteiger partial charge in [-0.1, -0.05) is 24.3 Å². The molecule has 2 atom stereocenters. The molecule has 27 heavy (non-hydrogen) atoms. The molecule has 0 heterocycles. The van der Waals surface area contributed by atoms with Crippen molar-refractivity contribution in [1.29, 1.82) is 0 Å². The second kappa shape index (κ2) is 7.30. The third kappa shape index (κ3) is 4.65. The third-order valence-electron chi connectivity index (χ3n) is 4.06. The molecule has 2 rings (SSSR count). The van der Waals surface area contributed by atoms with Gasteiger partial charge in [0.05, 0.1) is 4.90 Å². The number of sulfonamides is 1. The quantitative estimate of drug-likeness (QED) is 0.717. The zero-order chi connectivity index (χ0) is 20.5. The van der Waals surface area contributed by atoms with Gasteiger partial charge in [0, 0.05) is 11.5 Å². The monoisotopic (exact) mass is 398 g/mol. The van der Waals surface area contributed by atoms with Crippen LogP contribution in [0.1, 0.15) is 32.8 Å². The van der Waals surface area contributed by atoms with Gasteiger partial charge in [-0.15, -0.1) is 6.58 Å². The van der Waals surface area contributed by atoms with E-state index in [2.05, 4.69) is 11.9 Å². The summed E-state index contributed by atoms with van der Waals surface area (Å²) in [5.41, 5.74) is -2.32. The van der Waals surface area contributed by atoms with Crippen molar-refractivity contribution in [3.63, 3.8) is 0 Å². The van der Waals surface area contributed by atoms with Gasteiger partial charge in [-0.05, 0) is 33.3 Å². The highest BCUT2D eigenvalue weighted by molar-refractivity contribution is 7.90. The SMILES string of the molecule is C=C[C@@H]1C[C@]1(NC(=O)OC(C)(C)C)C(=O)NS(=O)(=O)c1ccccc1CF. The van der Waals surface area contributed by atoms with E-state index in [9.17, 15) is 22.4 Å². The number of ether oxygens (including phenoxy) is 1. The van der Waals surface area contributed by atoms with E-state index in [1.807, 2.05) is 4.72 Å². The molecule has 1 aromatic rings. The van der Waals surface area contributed by atoms with Crippen LogP contribution in [-0.2, 0) is 26.2 Å². The highest BCUT2D eigenvalue weighted by Gasteiger charge is 2.61. The van der Waals surface area contributed by atoms with Crippen LogP contribution in [0, 0.1) is 5.92 Å². The maximum absolute atomic E-state index is 13.1. The van der Waals surface area contributed by atoms with Gasteiger partial charge in [0.2, 0.25) is 0 Å². The van der Waals surface area contributed by atoms with E-state index in [4.69, 9.17) is 4.74 Å². The molecule has 0 bridgehead atoms. The zero-order valence-electron chi connectivity index (χ0n) is 15.4. The number of hydrogen-bond donors (Lipinski definition) is 2. The average molecular weight is 398 g/mol. The van der Waals surface area contributed by atoms with E-state index < -0.39 is 45.8 Å². The van der Waals surface area contributed by atoms with Gasteiger partial charge >= 0.3 is 6.09 Å². The Morgan fingerprint density at radius 2 is 2.00 bits per heavy atom. The number of halogens is 1. The van der Waals surface area contributed by atoms with E-state index in [0.29, 0.717) is 0 Å². The van der Waals surface area contributed by atoms with Gasteiger partial charge in [0.1, 0.15) is 17.8 Å². The highest BCUT2D eigenvalue weighted by Crippen LogP contribution is 2.45. The first-order valence-electron chi connectivity index (χ1n) is 8.30. The number of amides is 2. The van der Waals surface area contributed by atoms with Gasteiger partial charge in [-0.3, -0.25) is 4.79 Å². The Bertz CT molecular complexity index is 863. The lowest BCUT2D eigenvalue weighted by Crippen LogP contribution is -2.52. The molecular formula is C18H23FN2O5S. The lowest BCUT2D eigenvalue weighted by Gasteiger charge is -2.23. The largest absolute Gasteiger partial charge is 0.444 e. The van der Waals surface area contributed by atoms with E-state index in [1.54, 1.807) is 20.8 Å². The summed E-state index contributed by atoms with van der Waals surface area (Å²) in [6, 6.07) is 5.44. The molecular weight excluding hydrogens is 375 g/mol. The van der Waals surface area contributed by atoms with Gasteiger partial charge in [-0.25, -0.2) is 22.3 Å². The first-order chi connectivity index (χ1) is 12.4. The molecule has 2 N–H and O–H groups in total. The number of rotatable bonds is 6. The van der Waals surface area contributed by atoms with Crippen LogP contribution in [0.5, 0.6) is 0 Å². The van der Waals surface area contributed by atoms with E-state index >= 15 is 0 Å². The second-order valence-corrected chi connectivity index (χ2v) is 8.97. The summed E-state index contributed by atoms with van der Waals surface area (Å²) in [5, 5.41) is 2.44. The molecule has 148 valence electrons. The summed E-state index contributed by atoms with van der Waals surface area (Å²) in [5.74, 6) is -1.37. The molecule has 1 aliphatic carbocycles. The van der Waals surface area contributed by atoms with Crippen molar-refractivity contribution < 1.29 is 27.1 Å². The minimum absolute atomic E-state index is 0.0666. The topological polar surface area (TPSA) is 102 Å². The lowest BCUT2D eigenvalue weighted by molar-refractivity contribution is -0.122. The Morgan fingerprint density at radius 1 is 1.37 bits per heavy atom. The summed E-state index contributed by atoms with van der Waals surface area (Å²) in [6.07, 6.45) is 0.796. The first-order valence-corrected chi connectivity index (χ1v) is 9.78. The van der Waals surface area contributed by atoms with Crippen molar-refractivity contribution in [3.8, 4) is 0 Å². The minimum atomic E-state index is -4.31. The summed E-state index contributed by atoms with van der Waals surface area (Å²) in [7, 11) is -4.31. The number of hydrogen-bond acceptors (Lipinski definition) is 5. The number of nitrogens with one attached hydrogen (secondary N) is 2. The van der Waals surface area contributed by atoms with Crippen LogP contribution in [0.25, 0.3) is 0 Å². The molecule has 0 radical (unpaired) electrons. The van der Waals surface area contributed by atoms with Crippen LogP contribution in [0.3, 0.4) is 0 Å². The van der Waals surface area contributed by atoms with Crippen molar-refractivity contribution >= 4 is 22.0 Å². The summed E-state index contributed by atoms with van der Waals surface area (Å²) in [6.45, 7) is 7.58. The summed E-state index contributed by atoms with van der Waals surface area (Å²) in [4.78, 5) is 24.4. The Kier molecular flexibility index (Phi) is 5.65. The molecule has 0 aliphatic heterocycles. The number of carbonyl (C=O) groups excluding carboxylic acids is 2. The van der Waals surface area contributed by atoms with Crippen LogP contribution in [0.15, 0.2) is 41.8 Å². The molecule has 7 nitrogen and oxygen atoms in total. The van der Waals surface area contributed by atoms with Gasteiger partial charge in [0.25, 0.3) is 15.9 Å². The van der Waals surface area contributed by atoms with Crippen LogP contribution in [0.2, 0.25) is 0 Å². The molecule has 2 amide bonds. The maximum atomic E-state index is 13.1. The highest BCUT2D eigenvalue weighted by atomic mass is 32.2. The lowest BCUT2D eigenvalue weighted by atomic mass is 10.2. The molecule has 0 aromatic heterocycles. The standard InChI is InChI=1S/C18H23FN2O5S/c1-5-13-10-18(13,20-16(23)26-17(2,3)4)15(22)21-27(24,25)14-9-7-6-8-12(14)11-19/h5-9,13H,1,10-11H2,2-4H3,(H,20,23)(H,21,22)/t13-,18-/m1/s1. The van der Waals surface area contributed by atoms with E-state index in [1.165, 1.54) is 30.3 Å². The predicted octanol–water partition coefficient (Wildman–Crippen LogP) is 2.43. The fourth-order valence-electron chi connectivity index (χ4n) is 2.66. The normalized spacial score (nSPS) is 21.9. The van der Waals surface area contributed by atoms with Crippen LogP contribution in [0.4, 0.5) is 9.18 Å². The number of alkyl carbamates (subject to hydrolysis) is 1. The maximum Gasteiger partial charge on any atom is 0.408 e. The Balaban J connectivity index is 2.23. The molecule has 0 unspecified atom stereocenters. The van der Waals surface area contributed by atoms with Gasteiger partial charge in [-0.2, -0.15) is 0 Å². The van der Waals surface area contributed by atoms with E-state index in [0.717, 1.165) is 0 Å². The Hall–Kier alpha value is -2.42. The Labute approximate surface area is 158 Å². The number of carbonyl (C=O) groups is 2. The molecule has 1 fully saturated rings. The van der Waals surface area contributed by atoms with Crippen molar-refractivity contribution in [3.05, 3.63) is 42.5 Å². The van der Waals surface area contributed by atoms with Crippen LogP contribution >= 0.6 is 0 Å². The molecule has 1 aliphatic rings. The van der Waals surface area contributed by atoms with Gasteiger partial charge in [0.15, 0.2) is 0 Å². The fraction of sp³-hybridized carbons (Fsp3) is 0.444. The van der Waals surface area contributed by atoms with Crippen molar-refractivity contribution in [1.82, 2.24) is 10.0 Å². The van der Waals surface area contributed by atoms with Crippen molar-refractivity contribution in [2.45, 2.75) is 49.9 Å². The fourth-order valence-corrected chi connectivity index (χ4v) is 3.93. The van der Waals surface area contributed by atoms with Crippen molar-refractivity contribution in [2.24, 2.45) is 5.92 Å². The molecule has 0 spiro atoms. The predicted molar refractivity (Wildman–Crippen MR) is 97.0 cm³/mol. The van der Waals surface area contributed by atoms with Gasteiger partial charge < -0.3 is 10.1 Å². The van der Waals surface area contributed by atoms with E-state index in [-0.39, 0.29) is 16.9 Å². The van der Waals surface area contributed by atoms with Crippen LogP contribution < -0.4 is 10.0 Å².